The maximum Gasteiger partial charge on any atom is 0.181 e. The lowest BCUT2D eigenvalue weighted by molar-refractivity contribution is 0.0943. The van der Waals surface area contributed by atoms with Gasteiger partial charge < -0.3 is 10.3 Å². The van der Waals surface area contributed by atoms with Crippen molar-refractivity contribution in [2.75, 3.05) is 6.54 Å². The summed E-state index contributed by atoms with van der Waals surface area (Å²) in [6, 6.07) is 4.22. The summed E-state index contributed by atoms with van der Waals surface area (Å²) >= 11 is 0. The average Bonchev–Trinajstić information content (AvgIpc) is 2.78. The Morgan fingerprint density at radius 2 is 2.22 bits per heavy atom. The van der Waals surface area contributed by atoms with Crippen LogP contribution in [0.25, 0.3) is 10.9 Å². The van der Waals surface area contributed by atoms with Crippen molar-refractivity contribution < 1.29 is 9.18 Å². The van der Waals surface area contributed by atoms with Crippen molar-refractivity contribution in [3.05, 3.63) is 35.8 Å². The fourth-order valence-corrected chi connectivity index (χ4v) is 2.15. The lowest BCUT2D eigenvalue weighted by atomic mass is 10.0. The number of hydrogen-bond donors (Lipinski definition) is 2. The third kappa shape index (κ3) is 2.29. The summed E-state index contributed by atoms with van der Waals surface area (Å²) in [5, 5.41) is 3.79. The lowest BCUT2D eigenvalue weighted by Gasteiger charge is -2.13. The van der Waals surface area contributed by atoms with Gasteiger partial charge >= 0.3 is 0 Å². The average molecular weight is 248 g/mol. The summed E-state index contributed by atoms with van der Waals surface area (Å²) in [5.74, 6) is -0.316. The first kappa shape index (κ1) is 12.8. The zero-order valence-electron chi connectivity index (χ0n) is 10.6. The van der Waals surface area contributed by atoms with Crippen LogP contribution in [0.2, 0.25) is 0 Å². The number of aromatic amines is 1. The predicted octanol–water partition coefficient (Wildman–Crippen LogP) is 2.88. The van der Waals surface area contributed by atoms with Crippen LogP contribution in [0.5, 0.6) is 0 Å². The van der Waals surface area contributed by atoms with Crippen LogP contribution in [-0.2, 0) is 0 Å². The van der Waals surface area contributed by atoms with Gasteiger partial charge in [-0.15, -0.1) is 0 Å². The number of ketones is 1. The van der Waals surface area contributed by atoms with E-state index in [4.69, 9.17) is 0 Å². The first-order valence-electron chi connectivity index (χ1n) is 6.21. The topological polar surface area (TPSA) is 44.9 Å². The van der Waals surface area contributed by atoms with Crippen LogP contribution in [-0.4, -0.2) is 23.4 Å². The van der Waals surface area contributed by atoms with Crippen LogP contribution in [0, 0.1) is 5.82 Å². The Labute approximate surface area is 105 Å². The zero-order valence-corrected chi connectivity index (χ0v) is 10.6. The molecule has 96 valence electrons. The first-order valence-corrected chi connectivity index (χ1v) is 6.21. The largest absolute Gasteiger partial charge is 0.360 e. The molecule has 1 atom stereocenters. The molecular formula is C14H17FN2O. The van der Waals surface area contributed by atoms with Gasteiger partial charge in [-0.1, -0.05) is 13.8 Å². The molecule has 0 amide bonds. The van der Waals surface area contributed by atoms with Gasteiger partial charge in [-0.3, -0.25) is 4.79 Å². The van der Waals surface area contributed by atoms with Crippen molar-refractivity contribution in [3.8, 4) is 0 Å². The van der Waals surface area contributed by atoms with Gasteiger partial charge in [0.05, 0.1) is 6.04 Å². The van der Waals surface area contributed by atoms with E-state index in [1.165, 1.54) is 12.1 Å². The Balaban J connectivity index is 2.41. The molecule has 0 saturated heterocycles. The highest BCUT2D eigenvalue weighted by Crippen LogP contribution is 2.21. The van der Waals surface area contributed by atoms with Gasteiger partial charge in [-0.05, 0) is 31.2 Å². The summed E-state index contributed by atoms with van der Waals surface area (Å²) in [5.41, 5.74) is 1.34. The number of fused-ring (bicyclic) bond motifs is 1. The molecule has 0 spiro atoms. The number of carbonyl (C=O) groups is 1. The number of aromatic nitrogens is 1. The smallest absolute Gasteiger partial charge is 0.181 e. The summed E-state index contributed by atoms with van der Waals surface area (Å²) in [4.78, 5) is 15.3. The van der Waals surface area contributed by atoms with Crippen LogP contribution in [0.15, 0.2) is 24.4 Å². The number of likely N-dealkylation sites (N-methyl/N-ethyl adjacent to an activating group) is 1. The van der Waals surface area contributed by atoms with Crippen molar-refractivity contribution in [2.45, 2.75) is 26.3 Å². The summed E-state index contributed by atoms with van der Waals surface area (Å²) in [7, 11) is 0. The molecule has 0 fully saturated rings. The molecule has 2 rings (SSSR count). The van der Waals surface area contributed by atoms with Crippen LogP contribution in [0.3, 0.4) is 0 Å². The van der Waals surface area contributed by atoms with Gasteiger partial charge in [0.25, 0.3) is 0 Å². The molecule has 0 bridgehead atoms. The number of nitrogens with one attached hydrogen (secondary N) is 2. The minimum Gasteiger partial charge on any atom is -0.360 e. The molecule has 0 radical (unpaired) electrons. The standard InChI is InChI=1S/C14H17FN2O/c1-3-12(16-4-2)14(18)11-8-17-13-6-5-9(15)7-10(11)13/h5-8,12,16-17H,3-4H2,1-2H3. The van der Waals surface area contributed by atoms with E-state index in [9.17, 15) is 9.18 Å². The summed E-state index contributed by atoms with van der Waals surface area (Å²) in [6.07, 6.45) is 2.38. The maximum absolute atomic E-state index is 13.2. The van der Waals surface area contributed by atoms with E-state index < -0.39 is 0 Å². The van der Waals surface area contributed by atoms with Gasteiger partial charge in [0.1, 0.15) is 5.82 Å². The number of carbonyl (C=O) groups excluding carboxylic acids is 1. The highest BCUT2D eigenvalue weighted by Gasteiger charge is 2.20. The van der Waals surface area contributed by atoms with Crippen molar-refractivity contribution in [1.82, 2.24) is 10.3 Å². The molecule has 3 nitrogen and oxygen atoms in total. The van der Waals surface area contributed by atoms with Crippen molar-refractivity contribution >= 4 is 16.7 Å². The van der Waals surface area contributed by atoms with E-state index >= 15 is 0 Å². The monoisotopic (exact) mass is 248 g/mol. The molecule has 1 aromatic carbocycles. The second-order valence-electron chi connectivity index (χ2n) is 4.28. The number of H-pyrrole nitrogens is 1. The van der Waals surface area contributed by atoms with Gasteiger partial charge in [-0.2, -0.15) is 0 Å². The molecule has 4 heteroatoms. The van der Waals surface area contributed by atoms with Gasteiger partial charge in [0, 0.05) is 22.7 Å². The molecule has 1 unspecified atom stereocenters. The molecule has 1 heterocycles. The molecule has 2 aromatic rings. The van der Waals surface area contributed by atoms with E-state index in [0.717, 1.165) is 12.1 Å². The SMILES string of the molecule is CCNC(CC)C(=O)c1c[nH]c2ccc(F)cc12. The van der Waals surface area contributed by atoms with Crippen LogP contribution < -0.4 is 5.32 Å². The molecule has 0 aliphatic carbocycles. The molecular weight excluding hydrogens is 231 g/mol. The number of halogens is 1. The van der Waals surface area contributed by atoms with Gasteiger partial charge in [0.2, 0.25) is 0 Å². The number of rotatable bonds is 5. The normalized spacial score (nSPS) is 12.8. The zero-order chi connectivity index (χ0) is 13.1. The highest BCUT2D eigenvalue weighted by atomic mass is 19.1. The molecule has 2 N–H and O–H groups in total. The van der Waals surface area contributed by atoms with E-state index in [0.29, 0.717) is 17.4 Å². The van der Waals surface area contributed by atoms with E-state index in [1.54, 1.807) is 12.3 Å². The van der Waals surface area contributed by atoms with E-state index in [2.05, 4.69) is 10.3 Å². The number of hydrogen-bond acceptors (Lipinski definition) is 2. The lowest BCUT2D eigenvalue weighted by Crippen LogP contribution is -2.35. The minimum absolute atomic E-state index is 0.0104. The quantitative estimate of drug-likeness (QED) is 0.799. The fraction of sp³-hybridized carbons (Fsp3) is 0.357. The van der Waals surface area contributed by atoms with Crippen LogP contribution in [0.1, 0.15) is 30.6 Å². The second kappa shape index (κ2) is 5.31. The van der Waals surface area contributed by atoms with Crippen LogP contribution in [0.4, 0.5) is 4.39 Å². The van der Waals surface area contributed by atoms with Crippen molar-refractivity contribution in [1.29, 1.82) is 0 Å². The Bertz CT molecular complexity index is 562. The fourth-order valence-electron chi connectivity index (χ4n) is 2.15. The van der Waals surface area contributed by atoms with Gasteiger partial charge in [0.15, 0.2) is 5.78 Å². The van der Waals surface area contributed by atoms with Crippen molar-refractivity contribution in [2.24, 2.45) is 0 Å². The number of benzene rings is 1. The summed E-state index contributed by atoms with van der Waals surface area (Å²) < 4.78 is 13.2. The number of Topliss-reactive ketones (excluding diaryl/α,β-unsaturated/α-hetero) is 1. The van der Waals surface area contributed by atoms with E-state index in [1.807, 2.05) is 13.8 Å². The van der Waals surface area contributed by atoms with Crippen molar-refractivity contribution in [3.63, 3.8) is 0 Å². The van der Waals surface area contributed by atoms with Gasteiger partial charge in [-0.25, -0.2) is 4.39 Å². The maximum atomic E-state index is 13.2. The van der Waals surface area contributed by atoms with Crippen LogP contribution >= 0.6 is 0 Å². The Hall–Kier alpha value is -1.68. The molecule has 0 aliphatic rings. The second-order valence-corrected chi connectivity index (χ2v) is 4.28. The molecule has 0 saturated carbocycles. The molecule has 1 aromatic heterocycles. The molecule has 18 heavy (non-hydrogen) atoms. The molecule has 0 aliphatic heterocycles. The summed E-state index contributed by atoms with van der Waals surface area (Å²) in [6.45, 7) is 4.66. The minimum atomic E-state index is -0.326. The first-order chi connectivity index (χ1) is 8.67. The predicted molar refractivity (Wildman–Crippen MR) is 70.3 cm³/mol. The van der Waals surface area contributed by atoms with E-state index in [-0.39, 0.29) is 17.6 Å². The highest BCUT2D eigenvalue weighted by molar-refractivity contribution is 6.10. The Kier molecular flexibility index (Phi) is 3.77. The Morgan fingerprint density at radius 1 is 1.44 bits per heavy atom. The Morgan fingerprint density at radius 3 is 2.89 bits per heavy atom. The third-order valence-corrected chi connectivity index (χ3v) is 3.08. The third-order valence-electron chi connectivity index (χ3n) is 3.08.